The molecule has 4 heteroatoms. The van der Waals surface area contributed by atoms with E-state index in [1.807, 2.05) is 0 Å². The largest absolute Gasteiger partial charge is 0.396 e. The van der Waals surface area contributed by atoms with Crippen LogP contribution in [-0.4, -0.2) is 61.6 Å². The van der Waals surface area contributed by atoms with Crippen LogP contribution in [0.1, 0.15) is 64.7 Å². The Morgan fingerprint density at radius 1 is 0.773 bits per heavy atom. The lowest BCUT2D eigenvalue weighted by atomic mass is 9.98. The molecule has 0 aliphatic rings. The van der Waals surface area contributed by atoms with E-state index in [1.54, 1.807) is 0 Å². The van der Waals surface area contributed by atoms with Gasteiger partial charge >= 0.3 is 0 Å². The lowest BCUT2D eigenvalue weighted by Crippen LogP contribution is -2.21. The molecule has 0 saturated carbocycles. The van der Waals surface area contributed by atoms with Gasteiger partial charge in [-0.25, -0.2) is 0 Å². The third-order valence-electron chi connectivity index (χ3n) is 4.27. The summed E-state index contributed by atoms with van der Waals surface area (Å²) in [6.07, 6.45) is 11.1. The monoisotopic (exact) mass is 316 g/mol. The number of aliphatic hydroxyl groups excluding tert-OH is 2. The molecule has 1 atom stereocenters. The van der Waals surface area contributed by atoms with Crippen LogP contribution in [0.25, 0.3) is 0 Å². The second-order valence-corrected chi connectivity index (χ2v) is 6.66. The van der Waals surface area contributed by atoms with Crippen LogP contribution in [0.15, 0.2) is 0 Å². The Bertz CT molecular complexity index is 193. The summed E-state index contributed by atoms with van der Waals surface area (Å²) in [5.41, 5.74) is 0. The number of hydrogen-bond donors (Lipinski definition) is 3. The maximum Gasteiger partial charge on any atom is 0.0555 e. The van der Waals surface area contributed by atoms with Crippen molar-refractivity contribution in [3.05, 3.63) is 0 Å². The molecule has 0 bridgehead atoms. The summed E-state index contributed by atoms with van der Waals surface area (Å²) in [4.78, 5) is 2.45. The van der Waals surface area contributed by atoms with Crippen LogP contribution >= 0.6 is 0 Å². The van der Waals surface area contributed by atoms with E-state index in [2.05, 4.69) is 24.2 Å². The topological polar surface area (TPSA) is 55.7 Å². The highest BCUT2D eigenvalue weighted by molar-refractivity contribution is 4.58. The number of rotatable bonds is 17. The van der Waals surface area contributed by atoms with Gasteiger partial charge in [0.15, 0.2) is 0 Å². The molecule has 22 heavy (non-hydrogen) atoms. The Balaban J connectivity index is 3.28. The first-order chi connectivity index (χ1) is 10.7. The predicted octanol–water partition coefficient (Wildman–Crippen LogP) is 2.64. The maximum atomic E-state index is 8.73. The summed E-state index contributed by atoms with van der Waals surface area (Å²) in [5, 5.41) is 20.6. The number of nitrogens with zero attached hydrogens (tertiary/aromatic N) is 1. The van der Waals surface area contributed by atoms with Crippen LogP contribution in [0.2, 0.25) is 0 Å². The van der Waals surface area contributed by atoms with Crippen molar-refractivity contribution in [1.82, 2.24) is 10.2 Å². The lowest BCUT2D eigenvalue weighted by molar-refractivity contribution is 0.276. The van der Waals surface area contributed by atoms with E-state index in [-0.39, 0.29) is 6.61 Å². The van der Waals surface area contributed by atoms with Gasteiger partial charge in [0, 0.05) is 13.2 Å². The Kier molecular flexibility index (Phi) is 17.1. The maximum absolute atomic E-state index is 8.73. The molecule has 0 heterocycles. The fourth-order valence-electron chi connectivity index (χ4n) is 2.76. The first-order valence-corrected chi connectivity index (χ1v) is 9.31. The second kappa shape index (κ2) is 17.2. The summed E-state index contributed by atoms with van der Waals surface area (Å²) in [7, 11) is 2.22. The molecule has 0 aliphatic carbocycles. The van der Waals surface area contributed by atoms with Crippen LogP contribution in [0, 0.1) is 5.92 Å². The molecular weight excluding hydrogens is 276 g/mol. The van der Waals surface area contributed by atoms with Gasteiger partial charge in [0.05, 0.1) is 6.61 Å². The molecule has 134 valence electrons. The van der Waals surface area contributed by atoms with Gasteiger partial charge in [-0.2, -0.15) is 0 Å². The van der Waals surface area contributed by atoms with Crippen molar-refractivity contribution in [2.75, 3.05) is 46.4 Å². The highest BCUT2D eigenvalue weighted by atomic mass is 16.3. The van der Waals surface area contributed by atoms with E-state index in [0.717, 1.165) is 31.8 Å². The van der Waals surface area contributed by atoms with Crippen molar-refractivity contribution < 1.29 is 10.2 Å². The summed E-state index contributed by atoms with van der Waals surface area (Å²) in [6.45, 7) is 7.10. The van der Waals surface area contributed by atoms with Gasteiger partial charge in [-0.1, -0.05) is 32.6 Å². The Labute approximate surface area is 138 Å². The zero-order valence-electron chi connectivity index (χ0n) is 15.0. The summed E-state index contributed by atoms with van der Waals surface area (Å²) < 4.78 is 0. The van der Waals surface area contributed by atoms with E-state index < -0.39 is 0 Å². The highest BCUT2D eigenvalue weighted by Crippen LogP contribution is 2.14. The van der Waals surface area contributed by atoms with E-state index in [0.29, 0.717) is 6.61 Å². The van der Waals surface area contributed by atoms with Crippen molar-refractivity contribution >= 4 is 0 Å². The minimum Gasteiger partial charge on any atom is -0.396 e. The zero-order valence-corrected chi connectivity index (χ0v) is 15.0. The number of aliphatic hydroxyl groups is 2. The quantitative estimate of drug-likeness (QED) is 0.361. The van der Waals surface area contributed by atoms with Crippen molar-refractivity contribution in [3.63, 3.8) is 0 Å². The molecule has 0 fully saturated rings. The molecule has 0 spiro atoms. The molecule has 0 aromatic carbocycles. The van der Waals surface area contributed by atoms with Crippen molar-refractivity contribution in [2.24, 2.45) is 5.92 Å². The standard InChI is InChI=1S/C18H40N2O2/c1-18(11-9-12-19-13-17-22)10-5-7-15-20(2)14-6-3-4-8-16-21/h18-19,21-22H,3-17H2,1-2H3. The molecule has 0 aromatic heterocycles. The molecule has 0 aromatic rings. The third-order valence-corrected chi connectivity index (χ3v) is 4.27. The molecule has 0 saturated heterocycles. The smallest absolute Gasteiger partial charge is 0.0555 e. The Morgan fingerprint density at radius 3 is 2.09 bits per heavy atom. The molecule has 0 rings (SSSR count). The number of nitrogens with one attached hydrogen (secondary N) is 1. The van der Waals surface area contributed by atoms with Gasteiger partial charge in [-0.15, -0.1) is 0 Å². The van der Waals surface area contributed by atoms with Crippen LogP contribution in [0.3, 0.4) is 0 Å². The fraction of sp³-hybridized carbons (Fsp3) is 1.00. The van der Waals surface area contributed by atoms with Gasteiger partial charge in [0.25, 0.3) is 0 Å². The minimum absolute atomic E-state index is 0.241. The third kappa shape index (κ3) is 16.2. The van der Waals surface area contributed by atoms with Crippen molar-refractivity contribution in [1.29, 1.82) is 0 Å². The van der Waals surface area contributed by atoms with Crippen LogP contribution in [-0.2, 0) is 0 Å². The second-order valence-electron chi connectivity index (χ2n) is 6.66. The first-order valence-electron chi connectivity index (χ1n) is 9.31. The SMILES string of the molecule is CC(CCCCN(C)CCCCCCO)CCCNCCO. The van der Waals surface area contributed by atoms with Crippen LogP contribution < -0.4 is 5.32 Å². The van der Waals surface area contributed by atoms with E-state index in [1.165, 1.54) is 58.0 Å². The van der Waals surface area contributed by atoms with E-state index in [9.17, 15) is 0 Å². The van der Waals surface area contributed by atoms with Crippen LogP contribution in [0.5, 0.6) is 0 Å². The molecule has 1 unspecified atom stereocenters. The molecule has 4 nitrogen and oxygen atoms in total. The predicted molar refractivity (Wildman–Crippen MR) is 95.3 cm³/mol. The zero-order chi connectivity index (χ0) is 16.5. The Hall–Kier alpha value is -0.160. The lowest BCUT2D eigenvalue weighted by Gasteiger charge is -2.17. The summed E-state index contributed by atoms with van der Waals surface area (Å²) in [6, 6.07) is 0. The van der Waals surface area contributed by atoms with E-state index in [4.69, 9.17) is 10.2 Å². The van der Waals surface area contributed by atoms with Gasteiger partial charge < -0.3 is 20.4 Å². The van der Waals surface area contributed by atoms with Gasteiger partial charge in [0.2, 0.25) is 0 Å². The average Bonchev–Trinajstić information content (AvgIpc) is 2.51. The summed E-state index contributed by atoms with van der Waals surface area (Å²) >= 11 is 0. The van der Waals surface area contributed by atoms with Crippen molar-refractivity contribution in [2.45, 2.75) is 64.7 Å². The van der Waals surface area contributed by atoms with Gasteiger partial charge in [-0.05, 0) is 64.7 Å². The van der Waals surface area contributed by atoms with Gasteiger partial charge in [-0.3, -0.25) is 0 Å². The summed E-state index contributed by atoms with van der Waals surface area (Å²) in [5.74, 6) is 0.819. The normalized spacial score (nSPS) is 13.0. The molecular formula is C18H40N2O2. The fourth-order valence-corrected chi connectivity index (χ4v) is 2.76. The van der Waals surface area contributed by atoms with Crippen molar-refractivity contribution in [3.8, 4) is 0 Å². The average molecular weight is 317 g/mol. The molecule has 0 amide bonds. The molecule has 0 aliphatic heterocycles. The number of unbranched alkanes of at least 4 members (excludes halogenated alkanes) is 4. The number of hydrogen-bond acceptors (Lipinski definition) is 4. The van der Waals surface area contributed by atoms with Gasteiger partial charge in [0.1, 0.15) is 0 Å². The van der Waals surface area contributed by atoms with E-state index >= 15 is 0 Å². The first kappa shape index (κ1) is 21.8. The molecule has 3 N–H and O–H groups in total. The highest BCUT2D eigenvalue weighted by Gasteiger charge is 2.03. The molecule has 0 radical (unpaired) electrons. The minimum atomic E-state index is 0.241. The Morgan fingerprint density at radius 2 is 1.41 bits per heavy atom. The van der Waals surface area contributed by atoms with Crippen LogP contribution in [0.4, 0.5) is 0 Å².